The molecule has 0 aliphatic heterocycles. The molecule has 2 N–H and O–H groups in total. The monoisotopic (exact) mass is 560 g/mol. The SMILES string of the molecule is CCCCCCCCC1CCCC(CCCCCCCC)(OCC(C)(C)C)C1.O=C(O)c1ccccc1C(=O)O. The molecule has 230 valence electrons. The van der Waals surface area contributed by atoms with Crippen LogP contribution in [0.2, 0.25) is 0 Å². The summed E-state index contributed by atoms with van der Waals surface area (Å²) in [6.07, 6.45) is 25.2. The summed E-state index contributed by atoms with van der Waals surface area (Å²) in [6.45, 7) is 12.5. The van der Waals surface area contributed by atoms with Gasteiger partial charge in [-0.05, 0) is 42.7 Å². The molecule has 1 aromatic rings. The molecule has 1 aliphatic carbocycles. The van der Waals surface area contributed by atoms with Gasteiger partial charge in [0.15, 0.2) is 0 Å². The van der Waals surface area contributed by atoms with Crippen LogP contribution in [0.25, 0.3) is 0 Å². The molecule has 0 bridgehead atoms. The molecule has 0 saturated heterocycles. The van der Waals surface area contributed by atoms with E-state index in [0.717, 1.165) is 12.5 Å². The van der Waals surface area contributed by atoms with E-state index in [1.165, 1.54) is 140 Å². The molecular formula is C35H60O5. The number of carboxylic acid groups (broad SMARTS) is 2. The van der Waals surface area contributed by atoms with Gasteiger partial charge in [-0.2, -0.15) is 0 Å². The van der Waals surface area contributed by atoms with Crippen LogP contribution in [-0.4, -0.2) is 34.4 Å². The first-order valence-electron chi connectivity index (χ1n) is 16.2. The van der Waals surface area contributed by atoms with Crippen molar-refractivity contribution in [2.75, 3.05) is 6.61 Å². The molecule has 0 amide bonds. The molecule has 0 aromatic heterocycles. The number of ether oxygens (including phenoxy) is 1. The molecule has 2 unspecified atom stereocenters. The summed E-state index contributed by atoms with van der Waals surface area (Å²) in [5, 5.41) is 17.1. The van der Waals surface area contributed by atoms with Crippen LogP contribution in [0.3, 0.4) is 0 Å². The maximum atomic E-state index is 10.5. The molecule has 2 atom stereocenters. The predicted molar refractivity (Wildman–Crippen MR) is 166 cm³/mol. The van der Waals surface area contributed by atoms with Crippen molar-refractivity contribution in [2.24, 2.45) is 11.3 Å². The van der Waals surface area contributed by atoms with Crippen LogP contribution in [-0.2, 0) is 4.74 Å². The number of hydrogen-bond acceptors (Lipinski definition) is 3. The molecule has 1 aromatic carbocycles. The first kappa shape index (κ1) is 36.1. The topological polar surface area (TPSA) is 83.8 Å². The van der Waals surface area contributed by atoms with Crippen molar-refractivity contribution < 1.29 is 24.5 Å². The molecule has 0 spiro atoms. The van der Waals surface area contributed by atoms with Gasteiger partial charge < -0.3 is 14.9 Å². The van der Waals surface area contributed by atoms with Gasteiger partial charge in [0.2, 0.25) is 0 Å². The van der Waals surface area contributed by atoms with Crippen LogP contribution in [0.5, 0.6) is 0 Å². The summed E-state index contributed by atoms with van der Waals surface area (Å²) in [4.78, 5) is 20.9. The zero-order chi connectivity index (χ0) is 29.9. The van der Waals surface area contributed by atoms with Crippen molar-refractivity contribution in [3.05, 3.63) is 35.4 Å². The maximum absolute atomic E-state index is 10.5. The fraction of sp³-hybridized carbons (Fsp3) is 0.771. The van der Waals surface area contributed by atoms with E-state index in [9.17, 15) is 9.59 Å². The molecule has 40 heavy (non-hydrogen) atoms. The highest BCUT2D eigenvalue weighted by Crippen LogP contribution is 2.42. The van der Waals surface area contributed by atoms with E-state index in [0.29, 0.717) is 0 Å². The summed E-state index contributed by atoms with van der Waals surface area (Å²) in [5.74, 6) is -1.54. The van der Waals surface area contributed by atoms with Gasteiger partial charge in [-0.1, -0.05) is 143 Å². The highest BCUT2D eigenvalue weighted by molar-refractivity contribution is 6.01. The van der Waals surface area contributed by atoms with Gasteiger partial charge >= 0.3 is 11.9 Å². The second-order valence-electron chi connectivity index (χ2n) is 13.2. The Morgan fingerprint density at radius 1 is 0.825 bits per heavy atom. The summed E-state index contributed by atoms with van der Waals surface area (Å²) < 4.78 is 6.75. The number of hydrogen-bond donors (Lipinski definition) is 2. The Kier molecular flexibility index (Phi) is 18.1. The minimum Gasteiger partial charge on any atom is -0.478 e. The fourth-order valence-corrected chi connectivity index (χ4v) is 5.79. The lowest BCUT2D eigenvalue weighted by atomic mass is 9.73. The Hall–Kier alpha value is -1.88. The summed E-state index contributed by atoms with van der Waals surface area (Å²) >= 11 is 0. The minimum absolute atomic E-state index is 0.190. The number of aromatic carboxylic acids is 2. The fourth-order valence-electron chi connectivity index (χ4n) is 5.79. The van der Waals surface area contributed by atoms with Crippen molar-refractivity contribution in [2.45, 2.75) is 156 Å². The molecule has 0 radical (unpaired) electrons. The van der Waals surface area contributed by atoms with Gasteiger partial charge in [0.05, 0.1) is 23.3 Å². The van der Waals surface area contributed by atoms with Crippen molar-refractivity contribution in [1.82, 2.24) is 0 Å². The Morgan fingerprint density at radius 3 is 1.82 bits per heavy atom. The van der Waals surface area contributed by atoms with Crippen LogP contribution in [0.15, 0.2) is 24.3 Å². The Labute approximate surface area is 245 Å². The van der Waals surface area contributed by atoms with E-state index in [4.69, 9.17) is 14.9 Å². The third-order valence-corrected chi connectivity index (χ3v) is 8.06. The molecule has 5 nitrogen and oxygen atoms in total. The van der Waals surface area contributed by atoms with Crippen LogP contribution in [0, 0.1) is 11.3 Å². The summed E-state index contributed by atoms with van der Waals surface area (Å²) in [6, 6.07) is 5.48. The van der Waals surface area contributed by atoms with Crippen molar-refractivity contribution in [1.29, 1.82) is 0 Å². The number of rotatable bonds is 18. The lowest BCUT2D eigenvalue weighted by molar-refractivity contribution is -0.112. The summed E-state index contributed by atoms with van der Waals surface area (Å²) in [5.41, 5.74) is 0.0961. The van der Waals surface area contributed by atoms with Crippen LogP contribution in [0.1, 0.15) is 171 Å². The van der Waals surface area contributed by atoms with Crippen molar-refractivity contribution >= 4 is 11.9 Å². The predicted octanol–water partition coefficient (Wildman–Crippen LogP) is 10.6. The van der Waals surface area contributed by atoms with Gasteiger partial charge in [0.25, 0.3) is 0 Å². The normalized spacial score (nSPS) is 19.1. The lowest BCUT2D eigenvalue weighted by Crippen LogP contribution is -2.40. The first-order chi connectivity index (χ1) is 19.0. The maximum Gasteiger partial charge on any atom is 0.336 e. The zero-order valence-corrected chi connectivity index (χ0v) is 26.4. The van der Waals surface area contributed by atoms with E-state index in [1.54, 1.807) is 0 Å². The second-order valence-corrected chi connectivity index (χ2v) is 13.2. The van der Waals surface area contributed by atoms with Crippen LogP contribution >= 0.6 is 0 Å². The first-order valence-corrected chi connectivity index (χ1v) is 16.2. The third kappa shape index (κ3) is 15.8. The standard InChI is InChI=1S/C27H54O.C8H6O4/c1-6-8-10-12-14-16-19-25-20-18-22-27(23-25,28-24-26(3,4)5)21-17-15-13-11-9-7-2;9-7(10)5-3-1-2-4-6(5)8(11)12/h25H,6-24H2,1-5H3;1-4H,(H,9,10)(H,11,12). The van der Waals surface area contributed by atoms with E-state index in [1.807, 2.05) is 0 Å². The van der Waals surface area contributed by atoms with Gasteiger partial charge in [-0.25, -0.2) is 9.59 Å². The zero-order valence-electron chi connectivity index (χ0n) is 26.4. The van der Waals surface area contributed by atoms with Gasteiger partial charge in [-0.3, -0.25) is 0 Å². The molecule has 5 heteroatoms. The molecular weight excluding hydrogens is 500 g/mol. The highest BCUT2D eigenvalue weighted by Gasteiger charge is 2.37. The third-order valence-electron chi connectivity index (χ3n) is 8.06. The Morgan fingerprint density at radius 2 is 1.32 bits per heavy atom. The summed E-state index contributed by atoms with van der Waals surface area (Å²) in [7, 11) is 0. The van der Waals surface area contributed by atoms with Gasteiger partial charge in [0, 0.05) is 0 Å². The number of benzene rings is 1. The molecule has 1 saturated carbocycles. The van der Waals surface area contributed by atoms with E-state index >= 15 is 0 Å². The van der Waals surface area contributed by atoms with Gasteiger partial charge in [-0.15, -0.1) is 0 Å². The Balaban J connectivity index is 0.000000552. The quantitative estimate of drug-likeness (QED) is 0.174. The van der Waals surface area contributed by atoms with Crippen molar-refractivity contribution in [3.8, 4) is 0 Å². The molecule has 0 heterocycles. The highest BCUT2D eigenvalue weighted by atomic mass is 16.5. The van der Waals surface area contributed by atoms with Crippen LogP contribution in [0.4, 0.5) is 0 Å². The van der Waals surface area contributed by atoms with Crippen LogP contribution < -0.4 is 0 Å². The van der Waals surface area contributed by atoms with E-state index in [2.05, 4.69) is 34.6 Å². The smallest absolute Gasteiger partial charge is 0.336 e. The average molecular weight is 561 g/mol. The largest absolute Gasteiger partial charge is 0.478 e. The number of unbranched alkanes of at least 4 members (excludes halogenated alkanes) is 10. The molecule has 2 rings (SSSR count). The Bertz CT molecular complexity index is 794. The molecule has 1 aliphatic rings. The second kappa shape index (κ2) is 20.1. The lowest BCUT2D eigenvalue weighted by Gasteiger charge is -2.43. The minimum atomic E-state index is -1.23. The molecule has 1 fully saturated rings. The van der Waals surface area contributed by atoms with Gasteiger partial charge in [0.1, 0.15) is 0 Å². The van der Waals surface area contributed by atoms with Crippen molar-refractivity contribution in [3.63, 3.8) is 0 Å². The number of carbonyl (C=O) groups is 2. The number of carboxylic acids is 2. The van der Waals surface area contributed by atoms with E-state index in [-0.39, 0.29) is 22.1 Å². The average Bonchev–Trinajstić information content (AvgIpc) is 2.92. The van der Waals surface area contributed by atoms with E-state index < -0.39 is 11.9 Å².